The number of carbonyl (C=O) groups excluding carboxylic acids is 4. The van der Waals surface area contributed by atoms with Crippen LogP contribution >= 0.6 is 11.3 Å². The molecule has 0 spiro atoms. The van der Waals surface area contributed by atoms with Crippen LogP contribution in [0.15, 0.2) is 35.7 Å². The van der Waals surface area contributed by atoms with Crippen LogP contribution in [0, 0.1) is 17.8 Å². The number of hydrogen-bond donors (Lipinski definition) is 4. The molecule has 1 saturated heterocycles. The Kier molecular flexibility index (Phi) is 15.2. The third-order valence-corrected chi connectivity index (χ3v) is 10.3. The van der Waals surface area contributed by atoms with E-state index in [2.05, 4.69) is 15.6 Å². The van der Waals surface area contributed by atoms with Gasteiger partial charge in [0.1, 0.15) is 16.7 Å². The molecular formula is C36H54N6O7S. The number of amides is 4. The first-order chi connectivity index (χ1) is 23.6. The molecule has 1 aromatic heterocycles. The lowest BCUT2D eigenvalue weighted by atomic mass is 9.94. The topological polar surface area (TPSA) is 184 Å². The van der Waals surface area contributed by atoms with E-state index in [0.29, 0.717) is 11.4 Å². The Morgan fingerprint density at radius 1 is 1.04 bits per heavy atom. The van der Waals surface area contributed by atoms with E-state index < -0.39 is 48.1 Å². The summed E-state index contributed by atoms with van der Waals surface area (Å²) in [7, 11) is 3.60. The number of ether oxygens (including phenoxy) is 1. The molecule has 14 heteroatoms. The maximum Gasteiger partial charge on any atom is 0.405 e. The molecule has 0 unspecified atom stereocenters. The van der Waals surface area contributed by atoms with Crippen molar-refractivity contribution in [1.29, 1.82) is 0 Å². The first-order valence-corrected chi connectivity index (χ1v) is 18.2. The normalized spacial score (nSPS) is 18.1. The van der Waals surface area contributed by atoms with Crippen molar-refractivity contribution < 1.29 is 33.8 Å². The number of aromatic nitrogens is 1. The summed E-state index contributed by atoms with van der Waals surface area (Å²) in [6, 6.07) is 7.50. The van der Waals surface area contributed by atoms with Crippen molar-refractivity contribution in [3.63, 3.8) is 0 Å². The van der Waals surface area contributed by atoms with Crippen molar-refractivity contribution in [2.24, 2.45) is 23.5 Å². The van der Waals surface area contributed by atoms with Gasteiger partial charge in [-0.15, -0.1) is 11.3 Å². The standard InChI is InChI=1S/C36H54N6O7S/c1-21(2)28(42(7)34(45)30(22(3)4)40-32(44)27-15-11-12-16-41(27)6)19-29(49-36(37)48)33-39-26(20-50-33)31(43)38-25(17-23(5)35(46)47)18-24-13-9-8-10-14-24/h8-10,13-14,20-23,25,27-30H,11-12,15-19H2,1-7H3,(H2,37,48)(H,38,43)(H,40,44)(H,46,47)/t23-,25+,27+,28+,29+,30-/m0/s1. The number of thiazole rings is 1. The molecule has 3 rings (SSSR count). The van der Waals surface area contributed by atoms with Crippen molar-refractivity contribution in [3.05, 3.63) is 52.0 Å². The van der Waals surface area contributed by atoms with Gasteiger partial charge in [-0.1, -0.05) is 71.4 Å². The van der Waals surface area contributed by atoms with Crippen molar-refractivity contribution in [2.45, 2.75) is 103 Å². The van der Waals surface area contributed by atoms with Gasteiger partial charge >= 0.3 is 12.1 Å². The molecule has 1 aliphatic heterocycles. The van der Waals surface area contributed by atoms with E-state index in [9.17, 15) is 29.1 Å². The zero-order valence-electron chi connectivity index (χ0n) is 30.3. The van der Waals surface area contributed by atoms with Gasteiger partial charge < -0.3 is 31.1 Å². The Morgan fingerprint density at radius 2 is 1.72 bits per heavy atom. The van der Waals surface area contributed by atoms with Gasteiger partial charge in [-0.2, -0.15) is 0 Å². The van der Waals surface area contributed by atoms with E-state index in [1.54, 1.807) is 24.3 Å². The smallest absolute Gasteiger partial charge is 0.405 e. The number of piperidine rings is 1. The van der Waals surface area contributed by atoms with Gasteiger partial charge in [0, 0.05) is 30.9 Å². The third-order valence-electron chi connectivity index (χ3n) is 9.38. The third kappa shape index (κ3) is 11.5. The molecular weight excluding hydrogens is 660 g/mol. The molecule has 13 nitrogen and oxygen atoms in total. The second kappa shape index (κ2) is 18.8. The minimum Gasteiger partial charge on any atom is -0.481 e. The maximum absolute atomic E-state index is 14.0. The molecule has 1 aliphatic rings. The van der Waals surface area contributed by atoms with Crippen molar-refractivity contribution in [2.75, 3.05) is 20.6 Å². The van der Waals surface area contributed by atoms with Crippen molar-refractivity contribution in [1.82, 2.24) is 25.4 Å². The van der Waals surface area contributed by atoms with Gasteiger partial charge in [0.2, 0.25) is 11.8 Å². The number of aliphatic carboxylic acids is 1. The summed E-state index contributed by atoms with van der Waals surface area (Å²) in [5.41, 5.74) is 6.51. The second-order valence-corrected chi connectivity index (χ2v) is 14.9. The van der Waals surface area contributed by atoms with Gasteiger partial charge in [0.25, 0.3) is 5.91 Å². The fourth-order valence-electron chi connectivity index (χ4n) is 6.41. The molecule has 276 valence electrons. The molecule has 0 aliphatic carbocycles. The largest absolute Gasteiger partial charge is 0.481 e. The lowest BCUT2D eigenvalue weighted by Gasteiger charge is -2.37. The molecule has 1 aromatic carbocycles. The van der Waals surface area contributed by atoms with E-state index >= 15 is 0 Å². The van der Waals surface area contributed by atoms with Crippen LogP contribution in [0.5, 0.6) is 0 Å². The molecule has 0 saturated carbocycles. The number of likely N-dealkylation sites (tertiary alicyclic amines) is 1. The highest BCUT2D eigenvalue weighted by Crippen LogP contribution is 2.31. The summed E-state index contributed by atoms with van der Waals surface area (Å²) in [6.07, 6.45) is 1.53. The molecule has 6 atom stereocenters. The highest BCUT2D eigenvalue weighted by atomic mass is 32.1. The lowest BCUT2D eigenvalue weighted by Crippen LogP contribution is -2.57. The summed E-state index contributed by atoms with van der Waals surface area (Å²) in [6.45, 7) is 10.1. The average molecular weight is 715 g/mol. The predicted molar refractivity (Wildman–Crippen MR) is 191 cm³/mol. The number of rotatable bonds is 17. The van der Waals surface area contributed by atoms with Crippen LogP contribution in [0.25, 0.3) is 0 Å². The van der Waals surface area contributed by atoms with Crippen LogP contribution in [-0.2, 0) is 25.5 Å². The summed E-state index contributed by atoms with van der Waals surface area (Å²) in [4.78, 5) is 72.5. The number of nitrogens with two attached hydrogens (primary N) is 1. The zero-order valence-corrected chi connectivity index (χ0v) is 31.1. The number of primary amides is 1. The van der Waals surface area contributed by atoms with E-state index in [1.807, 2.05) is 70.0 Å². The van der Waals surface area contributed by atoms with Crippen LogP contribution in [0.1, 0.15) is 93.9 Å². The summed E-state index contributed by atoms with van der Waals surface area (Å²) >= 11 is 1.12. The van der Waals surface area contributed by atoms with Crippen LogP contribution in [0.3, 0.4) is 0 Å². The number of hydrogen-bond acceptors (Lipinski definition) is 9. The molecule has 50 heavy (non-hydrogen) atoms. The Morgan fingerprint density at radius 3 is 2.30 bits per heavy atom. The summed E-state index contributed by atoms with van der Waals surface area (Å²) < 4.78 is 5.52. The number of carboxylic acid groups (broad SMARTS) is 1. The van der Waals surface area contributed by atoms with Gasteiger partial charge in [-0.3, -0.25) is 24.1 Å². The van der Waals surface area contributed by atoms with Crippen LogP contribution < -0.4 is 16.4 Å². The number of carboxylic acids is 1. The van der Waals surface area contributed by atoms with Crippen molar-refractivity contribution in [3.8, 4) is 0 Å². The minimum atomic E-state index is -1.03. The Bertz CT molecular complexity index is 1450. The van der Waals surface area contributed by atoms with Gasteiger partial charge in [-0.05, 0) is 56.7 Å². The fraction of sp³-hybridized carbons (Fsp3) is 0.611. The van der Waals surface area contributed by atoms with Crippen LogP contribution in [-0.4, -0.2) is 94.5 Å². The average Bonchev–Trinajstić information content (AvgIpc) is 3.55. The number of benzene rings is 1. The molecule has 5 N–H and O–H groups in total. The Balaban J connectivity index is 1.79. The summed E-state index contributed by atoms with van der Waals surface area (Å²) in [5.74, 6) is -2.83. The predicted octanol–water partition coefficient (Wildman–Crippen LogP) is 4.23. The quantitative estimate of drug-likeness (QED) is 0.186. The maximum atomic E-state index is 14.0. The Hall–Kier alpha value is -4.04. The molecule has 0 bridgehead atoms. The van der Waals surface area contributed by atoms with Crippen LogP contribution in [0.2, 0.25) is 0 Å². The van der Waals surface area contributed by atoms with E-state index in [-0.39, 0.29) is 48.2 Å². The van der Waals surface area contributed by atoms with Gasteiger partial charge in [-0.25, -0.2) is 9.78 Å². The highest BCUT2D eigenvalue weighted by Gasteiger charge is 2.37. The second-order valence-electron chi connectivity index (χ2n) is 14.1. The number of likely N-dealkylation sites (N-methyl/N-ethyl adjacent to an activating group) is 2. The highest BCUT2D eigenvalue weighted by molar-refractivity contribution is 7.09. The first kappa shape index (κ1) is 40.4. The monoisotopic (exact) mass is 714 g/mol. The number of nitrogens with zero attached hydrogens (tertiary/aromatic N) is 3. The van der Waals surface area contributed by atoms with Crippen molar-refractivity contribution >= 4 is 41.1 Å². The van der Waals surface area contributed by atoms with Crippen LogP contribution in [0.4, 0.5) is 4.79 Å². The minimum absolute atomic E-state index is 0.0879. The molecule has 4 amide bonds. The molecule has 2 aromatic rings. The Labute approximate surface area is 299 Å². The summed E-state index contributed by atoms with van der Waals surface area (Å²) in [5, 5.41) is 17.3. The fourth-order valence-corrected chi connectivity index (χ4v) is 7.25. The van der Waals surface area contributed by atoms with Gasteiger partial charge in [0.15, 0.2) is 6.10 Å². The van der Waals surface area contributed by atoms with E-state index in [4.69, 9.17) is 10.5 Å². The van der Waals surface area contributed by atoms with E-state index in [0.717, 1.165) is 42.7 Å². The number of carbonyl (C=O) groups is 5. The molecule has 0 radical (unpaired) electrons. The SMILES string of the molecule is CC(C)[C@H](NC(=O)[C@H]1CCCCN1C)C(=O)N(C)[C@H](C[C@@H](OC(N)=O)c1nc(C(=O)N[C@@H](Cc2ccccc2)C[C@H](C)C(=O)O)cs1)C(C)C. The lowest BCUT2D eigenvalue weighted by molar-refractivity contribution is -0.141. The number of nitrogens with one attached hydrogen (secondary N) is 2. The first-order valence-electron chi connectivity index (χ1n) is 17.3. The molecule has 1 fully saturated rings. The van der Waals surface area contributed by atoms with Gasteiger partial charge in [0.05, 0.1) is 12.0 Å². The van der Waals surface area contributed by atoms with E-state index in [1.165, 1.54) is 0 Å². The zero-order chi connectivity index (χ0) is 37.1. The molecule has 2 heterocycles.